The topological polar surface area (TPSA) is 44.5 Å². The lowest BCUT2D eigenvalue weighted by atomic mass is 9.97. The van der Waals surface area contributed by atoms with Crippen LogP contribution in [-0.4, -0.2) is 15.2 Å². The highest BCUT2D eigenvalue weighted by Gasteiger charge is 2.19. The molecule has 3 nitrogen and oxygen atoms in total. The Morgan fingerprint density at radius 2 is 1.52 bits per heavy atom. The first-order chi connectivity index (χ1) is 14.8. The maximum absolute atomic E-state index is 6.66. The lowest BCUT2D eigenvalue weighted by Gasteiger charge is -2.09. The molecule has 4 aromatic rings. The maximum Gasteiger partial charge on any atom is 0.0673 e. The summed E-state index contributed by atoms with van der Waals surface area (Å²) in [6, 6.07) is 8.60. The van der Waals surface area contributed by atoms with Gasteiger partial charge in [0.25, 0.3) is 0 Å². The van der Waals surface area contributed by atoms with E-state index >= 15 is 0 Å². The summed E-state index contributed by atoms with van der Waals surface area (Å²) < 4.78 is 0. The number of aromatic amines is 2. The van der Waals surface area contributed by atoms with Crippen LogP contribution in [0.4, 0.5) is 0 Å². The average molecular weight is 454 g/mol. The quantitative estimate of drug-likeness (QED) is 0.285. The largest absolute Gasteiger partial charge is 0.358 e. The number of unbranched alkanes of at least 4 members (excludes halogenated alkanes) is 1. The maximum atomic E-state index is 6.66. The number of aromatic nitrogens is 3. The highest BCUT2D eigenvalue weighted by Crippen LogP contribution is 2.39. The van der Waals surface area contributed by atoms with E-state index in [0.29, 0.717) is 0 Å². The Kier molecular flexibility index (Phi) is 6.18. The summed E-state index contributed by atoms with van der Waals surface area (Å²) in [5.74, 6) is 0. The van der Waals surface area contributed by atoms with E-state index in [1.807, 2.05) is 19.9 Å². The van der Waals surface area contributed by atoms with Gasteiger partial charge in [0.05, 0.1) is 16.2 Å². The third-order valence-corrected chi connectivity index (χ3v) is 7.17. The molecule has 2 N–H and O–H groups in total. The minimum absolute atomic E-state index is 0.751. The van der Waals surface area contributed by atoms with Crippen molar-refractivity contribution in [3.8, 4) is 11.1 Å². The molecule has 0 unspecified atom stereocenters. The van der Waals surface area contributed by atoms with Crippen molar-refractivity contribution < 1.29 is 0 Å². The molecule has 4 rings (SSSR count). The first-order valence-corrected chi connectivity index (χ1v) is 11.6. The zero-order valence-electron chi connectivity index (χ0n) is 18.8. The van der Waals surface area contributed by atoms with Crippen molar-refractivity contribution in [2.24, 2.45) is 0 Å². The van der Waals surface area contributed by atoms with Gasteiger partial charge in [0.15, 0.2) is 0 Å². The van der Waals surface area contributed by atoms with Gasteiger partial charge in [0.1, 0.15) is 0 Å². The van der Waals surface area contributed by atoms with Gasteiger partial charge in [0, 0.05) is 32.9 Å². The number of nitrogens with one attached hydrogen (secondary N) is 2. The third kappa shape index (κ3) is 4.14. The number of halogens is 2. The van der Waals surface area contributed by atoms with Crippen LogP contribution in [0.5, 0.6) is 0 Å². The first-order valence-electron chi connectivity index (χ1n) is 10.8. The molecule has 0 aliphatic heterocycles. The minimum atomic E-state index is 0.751. The highest BCUT2D eigenvalue weighted by molar-refractivity contribution is 6.35. The van der Waals surface area contributed by atoms with E-state index in [9.17, 15) is 0 Å². The van der Waals surface area contributed by atoms with E-state index in [0.717, 1.165) is 63.8 Å². The molecule has 31 heavy (non-hydrogen) atoms. The molecule has 0 aliphatic rings. The summed E-state index contributed by atoms with van der Waals surface area (Å²) in [5.41, 5.74) is 11.6. The second-order valence-corrected chi connectivity index (χ2v) is 9.42. The van der Waals surface area contributed by atoms with Crippen LogP contribution in [-0.2, 0) is 12.8 Å². The molecular weight excluding hydrogens is 425 g/mol. The molecule has 0 saturated heterocycles. The zero-order chi connectivity index (χ0) is 22.3. The van der Waals surface area contributed by atoms with Crippen LogP contribution in [0.2, 0.25) is 10.0 Å². The monoisotopic (exact) mass is 453 g/mol. The van der Waals surface area contributed by atoms with Gasteiger partial charge in [-0.15, -0.1) is 0 Å². The molecule has 5 heteroatoms. The fourth-order valence-corrected chi connectivity index (χ4v) is 5.08. The third-order valence-electron chi connectivity index (χ3n) is 6.26. The number of rotatable bonds is 6. The predicted octanol–water partition coefficient (Wildman–Crippen LogP) is 7.97. The molecule has 0 fully saturated rings. The van der Waals surface area contributed by atoms with E-state index in [1.165, 1.54) is 33.3 Å². The molecule has 0 spiro atoms. The summed E-state index contributed by atoms with van der Waals surface area (Å²) >= 11 is 13.0. The molecule has 0 bridgehead atoms. The van der Waals surface area contributed by atoms with Crippen LogP contribution >= 0.6 is 23.2 Å². The Balaban J connectivity index is 1.57. The van der Waals surface area contributed by atoms with Gasteiger partial charge < -0.3 is 4.98 Å². The molecule has 0 atom stereocenters. The van der Waals surface area contributed by atoms with Crippen molar-refractivity contribution in [3.63, 3.8) is 0 Å². The van der Waals surface area contributed by atoms with Crippen molar-refractivity contribution in [3.05, 3.63) is 73.6 Å². The number of fused-ring (bicyclic) bond motifs is 1. The Morgan fingerprint density at radius 1 is 0.839 bits per heavy atom. The standard InChI is InChI=1S/C26H29Cl2N3/c1-14-12-19(13-15(2)25(14)28)8-6-7-9-20-16(3)29-26-21(20)10-11-22(27)24(26)23-17(4)30-31-18(23)5/h10-13,29H,6-9H2,1-5H3,(H,30,31). The van der Waals surface area contributed by atoms with Gasteiger partial charge in [-0.2, -0.15) is 5.10 Å². The predicted molar refractivity (Wildman–Crippen MR) is 133 cm³/mol. The molecule has 0 aliphatic carbocycles. The van der Waals surface area contributed by atoms with E-state index in [1.54, 1.807) is 0 Å². The van der Waals surface area contributed by atoms with Gasteiger partial charge in [-0.25, -0.2) is 0 Å². The lowest BCUT2D eigenvalue weighted by molar-refractivity contribution is 0.733. The smallest absolute Gasteiger partial charge is 0.0673 e. The van der Waals surface area contributed by atoms with Crippen molar-refractivity contribution in [1.82, 2.24) is 15.2 Å². The Labute approximate surface area is 194 Å². The van der Waals surface area contributed by atoms with Crippen LogP contribution < -0.4 is 0 Å². The molecule has 0 amide bonds. The van der Waals surface area contributed by atoms with Gasteiger partial charge in [-0.1, -0.05) is 41.4 Å². The number of benzene rings is 2. The second-order valence-electron chi connectivity index (χ2n) is 8.63. The fraction of sp³-hybridized carbons (Fsp3) is 0.346. The SMILES string of the molecule is Cc1cc(CCCCc2c(C)[nH]c3c(-c4c(C)n[nH]c4C)c(Cl)ccc23)cc(C)c1Cl. The van der Waals surface area contributed by atoms with Crippen LogP contribution in [0, 0.1) is 34.6 Å². The summed E-state index contributed by atoms with van der Waals surface area (Å²) in [7, 11) is 0. The van der Waals surface area contributed by atoms with Crippen LogP contribution in [0.3, 0.4) is 0 Å². The Bertz CT molecular complexity index is 1220. The zero-order valence-corrected chi connectivity index (χ0v) is 20.4. The van der Waals surface area contributed by atoms with Gasteiger partial charge in [-0.05, 0) is 88.6 Å². The molecule has 162 valence electrons. The molecule has 2 aromatic carbocycles. The Hall–Kier alpha value is -2.23. The fourth-order valence-electron chi connectivity index (χ4n) is 4.72. The van der Waals surface area contributed by atoms with E-state index in [4.69, 9.17) is 23.2 Å². The molecular formula is C26H29Cl2N3. The average Bonchev–Trinajstić information content (AvgIpc) is 3.22. The van der Waals surface area contributed by atoms with Gasteiger partial charge in [-0.3, -0.25) is 5.10 Å². The van der Waals surface area contributed by atoms with E-state index in [-0.39, 0.29) is 0 Å². The number of hydrogen-bond acceptors (Lipinski definition) is 1. The molecule has 2 heterocycles. The van der Waals surface area contributed by atoms with Crippen molar-refractivity contribution >= 4 is 34.1 Å². The number of H-pyrrole nitrogens is 2. The van der Waals surface area contributed by atoms with Crippen molar-refractivity contribution in [1.29, 1.82) is 0 Å². The Morgan fingerprint density at radius 3 is 2.16 bits per heavy atom. The molecule has 2 aromatic heterocycles. The summed E-state index contributed by atoms with van der Waals surface area (Å²) in [6.07, 6.45) is 4.40. The van der Waals surface area contributed by atoms with Crippen LogP contribution in [0.25, 0.3) is 22.0 Å². The van der Waals surface area contributed by atoms with Crippen LogP contribution in [0.1, 0.15) is 52.2 Å². The van der Waals surface area contributed by atoms with Crippen molar-refractivity contribution in [2.75, 3.05) is 0 Å². The highest BCUT2D eigenvalue weighted by atomic mass is 35.5. The number of aryl methyl sites for hydroxylation is 7. The lowest BCUT2D eigenvalue weighted by Crippen LogP contribution is -1.93. The van der Waals surface area contributed by atoms with E-state index < -0.39 is 0 Å². The number of nitrogens with zero attached hydrogens (tertiary/aromatic N) is 1. The first kappa shape index (κ1) is 22.0. The van der Waals surface area contributed by atoms with Crippen LogP contribution in [0.15, 0.2) is 24.3 Å². The summed E-state index contributed by atoms with van der Waals surface area (Å²) in [6.45, 7) is 10.4. The van der Waals surface area contributed by atoms with Gasteiger partial charge >= 0.3 is 0 Å². The van der Waals surface area contributed by atoms with Gasteiger partial charge in [0.2, 0.25) is 0 Å². The van der Waals surface area contributed by atoms with E-state index in [2.05, 4.69) is 54.2 Å². The van der Waals surface area contributed by atoms with Crippen molar-refractivity contribution in [2.45, 2.75) is 60.3 Å². The normalized spacial score (nSPS) is 11.6. The number of hydrogen-bond donors (Lipinski definition) is 2. The second kappa shape index (κ2) is 8.72. The summed E-state index contributed by atoms with van der Waals surface area (Å²) in [5, 5.41) is 10.4. The summed E-state index contributed by atoms with van der Waals surface area (Å²) in [4.78, 5) is 3.62. The molecule has 0 radical (unpaired) electrons. The molecule has 0 saturated carbocycles. The minimum Gasteiger partial charge on any atom is -0.358 e.